The summed E-state index contributed by atoms with van der Waals surface area (Å²) in [7, 11) is 0. The minimum absolute atomic E-state index is 0.0307. The lowest BCUT2D eigenvalue weighted by molar-refractivity contribution is -0.298. The molecule has 160 valence electrons. The van der Waals surface area contributed by atoms with Crippen molar-refractivity contribution in [3.63, 3.8) is 0 Å². The molecule has 0 saturated carbocycles. The smallest absolute Gasteiger partial charge is 0.328 e. The lowest BCUT2D eigenvalue weighted by Gasteiger charge is -2.46. The van der Waals surface area contributed by atoms with E-state index in [1.165, 1.54) is 12.1 Å². The number of amides is 1. The Balaban J connectivity index is 1.75. The van der Waals surface area contributed by atoms with Gasteiger partial charge in [-0.1, -0.05) is 12.1 Å². The quantitative estimate of drug-likeness (QED) is 0.232. The van der Waals surface area contributed by atoms with Crippen molar-refractivity contribution in [2.75, 3.05) is 6.61 Å². The SMILES string of the molecule is N[C@H](Cc1ccc(O)cc1)C(=O)N[C@@H](C(=O)O)[C@@H]1[C@@H](O)[C@]2(O)CO[C@H]([C@H]2O)N1O. The molecule has 2 aliphatic heterocycles. The van der Waals surface area contributed by atoms with Gasteiger partial charge in [-0.2, -0.15) is 5.06 Å². The summed E-state index contributed by atoms with van der Waals surface area (Å²) in [6.07, 6.45) is -5.07. The van der Waals surface area contributed by atoms with Crippen molar-refractivity contribution in [3.8, 4) is 5.75 Å². The van der Waals surface area contributed by atoms with E-state index in [0.717, 1.165) is 0 Å². The molecule has 7 atom stereocenters. The maximum Gasteiger partial charge on any atom is 0.328 e. The van der Waals surface area contributed by atoms with E-state index < -0.39 is 60.6 Å². The highest BCUT2D eigenvalue weighted by molar-refractivity contribution is 5.87. The van der Waals surface area contributed by atoms with Gasteiger partial charge in [0.1, 0.15) is 29.6 Å². The number of carboxylic acid groups (broad SMARTS) is 1. The van der Waals surface area contributed by atoms with Crippen LogP contribution in [0.2, 0.25) is 0 Å². The maximum absolute atomic E-state index is 12.4. The highest BCUT2D eigenvalue weighted by atomic mass is 16.6. The molecule has 0 spiro atoms. The molecule has 2 saturated heterocycles. The van der Waals surface area contributed by atoms with Gasteiger partial charge in [0.05, 0.1) is 18.7 Å². The van der Waals surface area contributed by atoms with Crippen molar-refractivity contribution in [2.24, 2.45) is 5.73 Å². The number of hydrogen-bond acceptors (Lipinski definition) is 10. The van der Waals surface area contributed by atoms with E-state index in [0.29, 0.717) is 5.56 Å². The summed E-state index contributed by atoms with van der Waals surface area (Å²) in [5.74, 6) is -2.45. The van der Waals surface area contributed by atoms with Crippen LogP contribution in [-0.4, -0.2) is 96.4 Å². The molecule has 0 aliphatic carbocycles. The van der Waals surface area contributed by atoms with Crippen molar-refractivity contribution >= 4 is 11.9 Å². The summed E-state index contributed by atoms with van der Waals surface area (Å²) in [5, 5.41) is 62.4. The molecule has 29 heavy (non-hydrogen) atoms. The number of ether oxygens (including phenoxy) is 1. The zero-order valence-electron chi connectivity index (χ0n) is 15.1. The van der Waals surface area contributed by atoms with Gasteiger partial charge in [0, 0.05) is 0 Å². The molecule has 1 aromatic carbocycles. The van der Waals surface area contributed by atoms with E-state index in [9.17, 15) is 40.3 Å². The number of hydroxylamine groups is 2. The molecule has 2 bridgehead atoms. The molecule has 12 nitrogen and oxygen atoms in total. The first-order valence-electron chi connectivity index (χ1n) is 8.80. The number of fused-ring (bicyclic) bond motifs is 2. The standard InChI is InChI=1S/C17H23N3O9/c18-9(5-7-1-3-8(21)4-2-7)14(24)19-10(16(25)26)11-12(22)17(27)6-29-15(13(17)23)20(11)28/h1-4,9-13,15,21-23,27-28H,5-6,18H2,(H,19,24)(H,25,26)/t9-,10-,11-,12-,13-,15-,17-/m1/s1. The van der Waals surface area contributed by atoms with E-state index in [1.54, 1.807) is 12.1 Å². The predicted molar refractivity (Wildman–Crippen MR) is 93.5 cm³/mol. The number of nitrogens with zero attached hydrogens (tertiary/aromatic N) is 1. The normalized spacial score (nSPS) is 33.8. The third-order valence-electron chi connectivity index (χ3n) is 5.30. The second kappa shape index (κ2) is 7.84. The Morgan fingerprint density at radius 1 is 1.28 bits per heavy atom. The molecule has 1 amide bonds. The Bertz CT molecular complexity index is 776. The number of carbonyl (C=O) groups excluding carboxylic acids is 1. The van der Waals surface area contributed by atoms with E-state index >= 15 is 0 Å². The summed E-state index contributed by atoms with van der Waals surface area (Å²) in [6, 6.07) is 1.16. The number of phenolic OH excluding ortho intramolecular Hbond substituents is 1. The van der Waals surface area contributed by atoms with Crippen LogP contribution in [0.25, 0.3) is 0 Å². The van der Waals surface area contributed by atoms with E-state index in [1.807, 2.05) is 0 Å². The lowest BCUT2D eigenvalue weighted by atomic mass is 9.81. The van der Waals surface area contributed by atoms with Crippen LogP contribution in [0.1, 0.15) is 5.56 Å². The zero-order valence-corrected chi connectivity index (χ0v) is 15.1. The first-order valence-corrected chi connectivity index (χ1v) is 8.80. The molecular weight excluding hydrogens is 390 g/mol. The number of nitrogens with two attached hydrogens (primary N) is 1. The number of nitrogens with one attached hydrogen (secondary N) is 1. The second-order valence-corrected chi connectivity index (χ2v) is 7.25. The summed E-state index contributed by atoms with van der Waals surface area (Å²) in [4.78, 5) is 24.2. The molecule has 2 heterocycles. The Hall–Kier alpha value is -2.32. The fourth-order valence-electron chi connectivity index (χ4n) is 3.60. The van der Waals surface area contributed by atoms with Gasteiger partial charge in [-0.15, -0.1) is 0 Å². The summed E-state index contributed by atoms with van der Waals surface area (Å²) >= 11 is 0. The molecule has 3 rings (SSSR count). The maximum atomic E-state index is 12.4. The molecule has 12 heteroatoms. The molecule has 2 fully saturated rings. The van der Waals surface area contributed by atoms with Gasteiger partial charge in [-0.05, 0) is 24.1 Å². The van der Waals surface area contributed by atoms with Crippen LogP contribution in [-0.2, 0) is 20.7 Å². The van der Waals surface area contributed by atoms with Crippen molar-refractivity contribution < 1.29 is 45.1 Å². The predicted octanol–water partition coefficient (Wildman–Crippen LogP) is -3.29. The first kappa shape index (κ1) is 21.4. The average Bonchev–Trinajstić information content (AvgIpc) is 2.93. The van der Waals surface area contributed by atoms with Crippen LogP contribution in [0, 0.1) is 0 Å². The second-order valence-electron chi connectivity index (χ2n) is 7.25. The van der Waals surface area contributed by atoms with Crippen LogP contribution in [0.5, 0.6) is 5.75 Å². The number of benzene rings is 1. The molecule has 1 aromatic rings. The van der Waals surface area contributed by atoms with Gasteiger partial charge in [0.2, 0.25) is 5.91 Å². The Morgan fingerprint density at radius 2 is 1.90 bits per heavy atom. The van der Waals surface area contributed by atoms with Crippen molar-refractivity contribution in [2.45, 2.75) is 48.6 Å². The highest BCUT2D eigenvalue weighted by Gasteiger charge is 2.65. The van der Waals surface area contributed by atoms with E-state index in [-0.39, 0.29) is 17.2 Å². The van der Waals surface area contributed by atoms with Crippen molar-refractivity contribution in [1.82, 2.24) is 10.4 Å². The molecule has 2 aliphatic rings. The number of carbonyl (C=O) groups is 2. The van der Waals surface area contributed by atoms with Crippen LogP contribution in [0.3, 0.4) is 0 Å². The van der Waals surface area contributed by atoms with Crippen LogP contribution >= 0.6 is 0 Å². The van der Waals surface area contributed by atoms with Gasteiger partial charge in [0.15, 0.2) is 6.23 Å². The minimum atomic E-state index is -2.21. The number of aliphatic carboxylic acids is 1. The average molecular weight is 413 g/mol. The number of phenols is 1. The van der Waals surface area contributed by atoms with Gasteiger partial charge in [-0.25, -0.2) is 4.79 Å². The van der Waals surface area contributed by atoms with Gasteiger partial charge in [-0.3, -0.25) is 4.79 Å². The minimum Gasteiger partial charge on any atom is -0.508 e. The number of carboxylic acids is 1. The Kier molecular flexibility index (Phi) is 5.78. The van der Waals surface area contributed by atoms with Crippen LogP contribution in [0.4, 0.5) is 0 Å². The van der Waals surface area contributed by atoms with Gasteiger partial charge in [0.25, 0.3) is 0 Å². The monoisotopic (exact) mass is 413 g/mol. The van der Waals surface area contributed by atoms with Crippen molar-refractivity contribution in [1.29, 1.82) is 0 Å². The Labute approximate surface area is 164 Å². The topological polar surface area (TPSA) is 206 Å². The fraction of sp³-hybridized carbons (Fsp3) is 0.529. The number of aromatic hydroxyl groups is 1. The largest absolute Gasteiger partial charge is 0.508 e. The number of aliphatic hydroxyl groups is 3. The number of hydrogen-bond donors (Lipinski definition) is 8. The van der Waals surface area contributed by atoms with Gasteiger partial charge < -0.3 is 46.5 Å². The van der Waals surface area contributed by atoms with Crippen LogP contribution < -0.4 is 11.1 Å². The fourth-order valence-corrected chi connectivity index (χ4v) is 3.60. The molecule has 0 radical (unpaired) electrons. The van der Waals surface area contributed by atoms with E-state index in [2.05, 4.69) is 5.32 Å². The van der Waals surface area contributed by atoms with Crippen molar-refractivity contribution in [3.05, 3.63) is 29.8 Å². The van der Waals surface area contributed by atoms with Crippen LogP contribution in [0.15, 0.2) is 24.3 Å². The Morgan fingerprint density at radius 3 is 2.48 bits per heavy atom. The van der Waals surface area contributed by atoms with Gasteiger partial charge >= 0.3 is 5.97 Å². The molecule has 0 unspecified atom stereocenters. The first-order chi connectivity index (χ1) is 13.6. The molecular formula is C17H23N3O9. The zero-order chi connectivity index (χ0) is 21.5. The summed E-state index contributed by atoms with van der Waals surface area (Å²) < 4.78 is 5.04. The number of rotatable bonds is 6. The highest BCUT2D eigenvalue weighted by Crippen LogP contribution is 2.38. The third kappa shape index (κ3) is 3.79. The number of piperidine rings is 1. The van der Waals surface area contributed by atoms with E-state index in [4.69, 9.17) is 10.5 Å². The number of aliphatic hydroxyl groups excluding tert-OH is 2. The third-order valence-corrected chi connectivity index (χ3v) is 5.30. The molecule has 0 aromatic heterocycles. The summed E-state index contributed by atoms with van der Waals surface area (Å²) in [6.45, 7) is -0.534. The lowest BCUT2D eigenvalue weighted by Crippen LogP contribution is -2.74. The summed E-state index contributed by atoms with van der Waals surface area (Å²) in [5.41, 5.74) is 4.24. The molecule has 9 N–H and O–H groups in total.